The van der Waals surface area contributed by atoms with Gasteiger partial charge in [-0.15, -0.1) is 0 Å². The maximum atomic E-state index is 14.3. The largest absolute Gasteiger partial charge is 0.460 e. The number of hydrogen-bond acceptors (Lipinski definition) is 12. The molecule has 3 amide bonds. The summed E-state index contributed by atoms with van der Waals surface area (Å²) in [7, 11) is -2.06. The van der Waals surface area contributed by atoms with Crippen molar-refractivity contribution >= 4 is 31.3 Å². The van der Waals surface area contributed by atoms with E-state index in [1.807, 2.05) is 66.7 Å². The Hall–Kier alpha value is -4.63. The summed E-state index contributed by atoms with van der Waals surface area (Å²) in [5.74, 6) is -0.851. The number of rotatable bonds is 23. The summed E-state index contributed by atoms with van der Waals surface area (Å²) in [6, 6.07) is 25.3. The van der Waals surface area contributed by atoms with E-state index in [0.29, 0.717) is 42.8 Å². The molecule has 3 aromatic rings. The summed E-state index contributed by atoms with van der Waals surface area (Å²) in [4.78, 5) is 49.6. The topological polar surface area (TPSA) is 211 Å². The zero-order valence-corrected chi connectivity index (χ0v) is 39.7. The summed E-state index contributed by atoms with van der Waals surface area (Å²) < 4.78 is 49.2. The van der Waals surface area contributed by atoms with Gasteiger partial charge in [-0.3, -0.25) is 18.9 Å². The Balaban J connectivity index is 0.793. The molecule has 0 bridgehead atoms. The van der Waals surface area contributed by atoms with Crippen LogP contribution in [0.5, 0.6) is 5.75 Å². The van der Waals surface area contributed by atoms with Gasteiger partial charge in [0.15, 0.2) is 0 Å². The number of fused-ring (bicyclic) bond motifs is 5. The van der Waals surface area contributed by atoms with Crippen molar-refractivity contribution in [2.45, 2.75) is 114 Å². The summed E-state index contributed by atoms with van der Waals surface area (Å²) >= 11 is 0. The van der Waals surface area contributed by atoms with Crippen LogP contribution in [0.15, 0.2) is 78.9 Å². The lowest BCUT2D eigenvalue weighted by Crippen LogP contribution is -2.57. The van der Waals surface area contributed by atoms with Crippen LogP contribution in [0.3, 0.4) is 0 Å². The van der Waals surface area contributed by atoms with Gasteiger partial charge >= 0.3 is 13.6 Å². The molecule has 15 nitrogen and oxygen atoms in total. The number of hydrogen-bond donors (Lipinski definition) is 4. The zero-order valence-electron chi connectivity index (χ0n) is 38.8. The van der Waals surface area contributed by atoms with Gasteiger partial charge in [0, 0.05) is 31.9 Å². The van der Waals surface area contributed by atoms with Gasteiger partial charge in [0.2, 0.25) is 17.7 Å². The van der Waals surface area contributed by atoms with E-state index < -0.39 is 43.6 Å². The van der Waals surface area contributed by atoms with Crippen molar-refractivity contribution in [1.82, 2.24) is 10.6 Å². The SMILES string of the molecule is COC1CCC(NC(=O)CCC(=O)NCCOCCOCC(=O)OC2CCC3C4CCc5cc(OP(=O)(CCc6ccccc6)OCc6ccccc6)ccc5C4CCC23C)C(O)C1C(N)=O. The predicted molar refractivity (Wildman–Crippen MR) is 250 cm³/mol. The van der Waals surface area contributed by atoms with Crippen LogP contribution in [-0.4, -0.2) is 99.4 Å². The summed E-state index contributed by atoms with van der Waals surface area (Å²) in [5, 5.41) is 16.0. The highest BCUT2D eigenvalue weighted by Crippen LogP contribution is 2.62. The minimum atomic E-state index is -3.51. The van der Waals surface area contributed by atoms with Gasteiger partial charge in [-0.25, -0.2) is 9.36 Å². The Bertz CT molecular complexity index is 2130. The number of amides is 3. The Morgan fingerprint density at radius 3 is 2.33 bits per heavy atom. The number of carbonyl (C=O) groups is 4. The number of esters is 1. The molecule has 4 aliphatic rings. The normalized spacial score (nSPS) is 27.3. The summed E-state index contributed by atoms with van der Waals surface area (Å²) in [6.07, 6.45) is 5.44. The van der Waals surface area contributed by atoms with E-state index in [2.05, 4.69) is 29.7 Å². The maximum Gasteiger partial charge on any atom is 0.379 e. The molecule has 3 fully saturated rings. The van der Waals surface area contributed by atoms with Gasteiger partial charge in [-0.1, -0.05) is 73.7 Å². The van der Waals surface area contributed by atoms with E-state index in [-0.39, 0.29) is 82.0 Å². The van der Waals surface area contributed by atoms with E-state index in [4.69, 9.17) is 33.7 Å². The van der Waals surface area contributed by atoms with Gasteiger partial charge < -0.3 is 44.9 Å². The first kappa shape index (κ1) is 50.3. The lowest BCUT2D eigenvalue weighted by atomic mass is 9.55. The van der Waals surface area contributed by atoms with Crippen LogP contribution in [0.1, 0.15) is 92.9 Å². The molecule has 5 N–H and O–H groups in total. The third-order valence-corrected chi connectivity index (χ3v) is 16.4. The lowest BCUT2D eigenvalue weighted by molar-refractivity contribution is -0.163. The predicted octanol–water partition coefficient (Wildman–Crippen LogP) is 6.17. The van der Waals surface area contributed by atoms with E-state index in [9.17, 15) is 28.8 Å². The minimum Gasteiger partial charge on any atom is -0.460 e. The molecule has 0 spiro atoms. The number of nitrogens with one attached hydrogen (secondary N) is 2. The fourth-order valence-corrected chi connectivity index (χ4v) is 12.7. The van der Waals surface area contributed by atoms with Crippen LogP contribution in [0.25, 0.3) is 0 Å². The van der Waals surface area contributed by atoms with Gasteiger partial charge in [-0.2, -0.15) is 0 Å². The van der Waals surface area contributed by atoms with Crippen LogP contribution < -0.4 is 20.9 Å². The molecule has 0 heterocycles. The fraction of sp³-hybridized carbons (Fsp3) is 0.569. The molecule has 0 saturated heterocycles. The average Bonchev–Trinajstić information content (AvgIpc) is 3.66. The Labute approximate surface area is 394 Å². The molecule has 4 aliphatic carbocycles. The molecule has 0 radical (unpaired) electrons. The van der Waals surface area contributed by atoms with Gasteiger partial charge in [0.1, 0.15) is 18.5 Å². The monoisotopic (exact) mass is 945 g/mol. The van der Waals surface area contributed by atoms with Crippen molar-refractivity contribution in [1.29, 1.82) is 0 Å². The van der Waals surface area contributed by atoms with Crippen LogP contribution in [0, 0.1) is 23.2 Å². The first-order valence-electron chi connectivity index (χ1n) is 23.9. The number of aliphatic hydroxyl groups is 1. The molecule has 3 aromatic carbocycles. The highest BCUT2D eigenvalue weighted by atomic mass is 31.2. The van der Waals surface area contributed by atoms with E-state index in [0.717, 1.165) is 49.7 Å². The molecule has 0 aliphatic heterocycles. The Morgan fingerprint density at radius 1 is 0.851 bits per heavy atom. The highest BCUT2D eigenvalue weighted by Gasteiger charge is 2.56. The summed E-state index contributed by atoms with van der Waals surface area (Å²) in [6.45, 7) is 3.18. The van der Waals surface area contributed by atoms with E-state index >= 15 is 0 Å². The second kappa shape index (κ2) is 23.6. The van der Waals surface area contributed by atoms with Crippen molar-refractivity contribution in [2.75, 3.05) is 46.2 Å². The first-order chi connectivity index (χ1) is 32.4. The lowest BCUT2D eigenvalue weighted by Gasteiger charge is -2.50. The Kier molecular flexibility index (Phi) is 17.7. The third-order valence-electron chi connectivity index (χ3n) is 14.6. The van der Waals surface area contributed by atoms with E-state index in [1.54, 1.807) is 0 Å². The number of nitrogens with two attached hydrogens (primary N) is 1. The van der Waals surface area contributed by atoms with Crippen LogP contribution in [0.4, 0.5) is 0 Å². The quantitative estimate of drug-likeness (QED) is 0.0478. The number of ether oxygens (including phenoxy) is 4. The molecule has 10 atom stereocenters. The molecule has 10 unspecified atom stereocenters. The minimum absolute atomic E-state index is 0.0540. The van der Waals surface area contributed by atoms with Crippen LogP contribution in [0.2, 0.25) is 0 Å². The van der Waals surface area contributed by atoms with Crippen molar-refractivity contribution in [3.8, 4) is 5.75 Å². The number of primary amides is 1. The van der Waals surface area contributed by atoms with Crippen molar-refractivity contribution in [3.05, 3.63) is 101 Å². The molecular weight excluding hydrogens is 878 g/mol. The molecule has 16 heteroatoms. The molecule has 7 rings (SSSR count). The molecule has 364 valence electrons. The molecule has 3 saturated carbocycles. The smallest absolute Gasteiger partial charge is 0.379 e. The van der Waals surface area contributed by atoms with Crippen LogP contribution >= 0.6 is 7.60 Å². The van der Waals surface area contributed by atoms with Crippen molar-refractivity contribution < 1.29 is 56.8 Å². The second-order valence-corrected chi connectivity index (χ2v) is 20.9. The maximum absolute atomic E-state index is 14.3. The van der Waals surface area contributed by atoms with Crippen molar-refractivity contribution in [3.63, 3.8) is 0 Å². The summed E-state index contributed by atoms with van der Waals surface area (Å²) in [5.41, 5.74) is 9.93. The van der Waals surface area contributed by atoms with Crippen LogP contribution in [-0.2, 0) is 66.7 Å². The highest BCUT2D eigenvalue weighted by molar-refractivity contribution is 7.54. The molecule has 67 heavy (non-hydrogen) atoms. The fourth-order valence-electron chi connectivity index (χ4n) is 11.1. The number of methoxy groups -OCH3 is 1. The van der Waals surface area contributed by atoms with Gasteiger partial charge in [0.05, 0.1) is 56.8 Å². The Morgan fingerprint density at radius 2 is 1.58 bits per heavy atom. The first-order valence-corrected chi connectivity index (χ1v) is 25.6. The van der Waals surface area contributed by atoms with E-state index in [1.165, 1.54) is 18.2 Å². The number of aliphatic hydroxyl groups excluding tert-OH is 1. The van der Waals surface area contributed by atoms with Crippen molar-refractivity contribution in [2.24, 2.45) is 28.9 Å². The average molecular weight is 946 g/mol. The second-order valence-electron chi connectivity index (χ2n) is 18.8. The number of aryl methyl sites for hydroxylation is 2. The standard InChI is InChI=1S/C51H68N3O12P/c1-51-25-23-39-38-16-14-37(66-67(60,30-24-34-9-5-3-6-10-34)64-32-35-11-7-4-8-12-35)31-36(38)13-15-40(39)41(51)17-20-44(51)65-47(57)33-63-29-28-62-27-26-53-45(55)21-22-46(56)54-42-18-19-43(61-2)48(49(42)58)50(52)59/h3-12,14,16,31,39-44,48-49,58H,13,15,17-30,32-33H2,1-2H3,(H2,52,59)(H,53,55)(H,54,56). The number of carbonyl (C=O) groups excluding carboxylic acids is 4. The molecule has 0 aromatic heterocycles. The third kappa shape index (κ3) is 13.1. The zero-order chi connectivity index (χ0) is 47.4. The van der Waals surface area contributed by atoms with Gasteiger partial charge in [0.25, 0.3) is 0 Å². The molecular formula is C51H68N3O12P. The van der Waals surface area contributed by atoms with Gasteiger partial charge in [-0.05, 0) is 110 Å². The number of benzene rings is 3.